The number of likely N-dealkylation sites (tertiary alicyclic amines) is 2. The van der Waals surface area contributed by atoms with Crippen LogP contribution in [0.1, 0.15) is 32.1 Å². The lowest BCUT2D eigenvalue weighted by atomic mass is 9.77. The Hall–Kier alpha value is -1.14. The predicted molar refractivity (Wildman–Crippen MR) is 78.0 cm³/mol. The number of methoxy groups -OCH3 is 1. The third-order valence-corrected chi connectivity index (χ3v) is 4.75. The van der Waals surface area contributed by atoms with Crippen LogP contribution in [0.3, 0.4) is 0 Å². The molecule has 0 radical (unpaired) electrons. The van der Waals surface area contributed by atoms with E-state index in [1.54, 1.807) is 7.11 Å². The number of carboxylic acids is 1. The average molecular weight is 298 g/mol. The molecule has 1 atom stereocenters. The Morgan fingerprint density at radius 3 is 2.76 bits per heavy atom. The van der Waals surface area contributed by atoms with Gasteiger partial charge in [-0.05, 0) is 32.2 Å². The summed E-state index contributed by atoms with van der Waals surface area (Å²) >= 11 is 0. The highest BCUT2D eigenvalue weighted by atomic mass is 16.5. The number of hydrogen-bond donors (Lipinski definition) is 1. The van der Waals surface area contributed by atoms with Crippen LogP contribution in [-0.4, -0.2) is 73.2 Å². The van der Waals surface area contributed by atoms with Crippen molar-refractivity contribution in [1.29, 1.82) is 0 Å². The van der Waals surface area contributed by atoms with E-state index in [-0.39, 0.29) is 5.91 Å². The summed E-state index contributed by atoms with van der Waals surface area (Å²) in [6, 6.07) is 0. The Morgan fingerprint density at radius 1 is 1.33 bits per heavy atom. The van der Waals surface area contributed by atoms with Gasteiger partial charge in [0, 0.05) is 46.3 Å². The fourth-order valence-electron chi connectivity index (χ4n) is 3.40. The monoisotopic (exact) mass is 298 g/mol. The molecule has 0 spiro atoms. The van der Waals surface area contributed by atoms with Gasteiger partial charge in [-0.25, -0.2) is 0 Å². The van der Waals surface area contributed by atoms with Crippen molar-refractivity contribution < 1.29 is 19.4 Å². The van der Waals surface area contributed by atoms with Gasteiger partial charge in [0.05, 0.1) is 5.41 Å². The van der Waals surface area contributed by atoms with Gasteiger partial charge < -0.3 is 19.6 Å². The largest absolute Gasteiger partial charge is 0.481 e. The molecule has 2 fully saturated rings. The van der Waals surface area contributed by atoms with Crippen molar-refractivity contribution in [2.45, 2.75) is 32.1 Å². The highest BCUT2D eigenvalue weighted by Crippen LogP contribution is 2.34. The van der Waals surface area contributed by atoms with Crippen LogP contribution < -0.4 is 0 Å². The summed E-state index contributed by atoms with van der Waals surface area (Å²) in [5.41, 5.74) is -0.691. The van der Waals surface area contributed by atoms with Crippen LogP contribution in [0, 0.1) is 5.41 Å². The van der Waals surface area contributed by atoms with Crippen molar-refractivity contribution in [2.24, 2.45) is 5.41 Å². The number of piperidine rings is 1. The van der Waals surface area contributed by atoms with Gasteiger partial charge in [0.1, 0.15) is 0 Å². The molecule has 120 valence electrons. The second-order valence-corrected chi connectivity index (χ2v) is 6.19. The second kappa shape index (κ2) is 7.22. The van der Waals surface area contributed by atoms with Gasteiger partial charge >= 0.3 is 5.97 Å². The molecule has 6 nitrogen and oxygen atoms in total. The summed E-state index contributed by atoms with van der Waals surface area (Å²) in [5.74, 6) is -0.489. The van der Waals surface area contributed by atoms with Crippen molar-refractivity contribution in [3.8, 4) is 0 Å². The standard InChI is InChI=1S/C15H26N2O4/c1-21-11-6-15(14(19)20)5-3-7-16(12-15)9-10-17-8-2-4-13(17)18/h2-12H2,1H3,(H,19,20)/t15-/m1/s1. The first-order valence-electron chi connectivity index (χ1n) is 7.80. The van der Waals surface area contributed by atoms with Crippen LogP contribution in [0.5, 0.6) is 0 Å². The average Bonchev–Trinajstić information content (AvgIpc) is 2.88. The van der Waals surface area contributed by atoms with E-state index < -0.39 is 11.4 Å². The molecule has 1 N–H and O–H groups in total. The van der Waals surface area contributed by atoms with Gasteiger partial charge in [-0.2, -0.15) is 0 Å². The minimum atomic E-state index is -0.721. The molecule has 2 heterocycles. The molecule has 6 heteroatoms. The highest BCUT2D eigenvalue weighted by molar-refractivity contribution is 5.78. The number of amides is 1. The van der Waals surface area contributed by atoms with Gasteiger partial charge in [0.25, 0.3) is 0 Å². The fourth-order valence-corrected chi connectivity index (χ4v) is 3.40. The number of nitrogens with zero attached hydrogens (tertiary/aromatic N) is 2. The van der Waals surface area contributed by atoms with E-state index >= 15 is 0 Å². The predicted octanol–water partition coefficient (Wildman–Crippen LogP) is 0.812. The molecule has 2 aliphatic heterocycles. The fraction of sp³-hybridized carbons (Fsp3) is 0.867. The third-order valence-electron chi connectivity index (χ3n) is 4.75. The van der Waals surface area contributed by atoms with E-state index in [1.807, 2.05) is 4.90 Å². The smallest absolute Gasteiger partial charge is 0.311 e. The van der Waals surface area contributed by atoms with Gasteiger partial charge in [0.2, 0.25) is 5.91 Å². The molecule has 1 amide bonds. The Balaban J connectivity index is 1.89. The van der Waals surface area contributed by atoms with Crippen LogP contribution in [0.2, 0.25) is 0 Å². The maximum atomic E-state index is 11.7. The first-order valence-corrected chi connectivity index (χ1v) is 7.80. The van der Waals surface area contributed by atoms with Gasteiger partial charge in [-0.1, -0.05) is 0 Å². The first-order chi connectivity index (χ1) is 10.1. The molecule has 0 aromatic heterocycles. The number of rotatable bonds is 7. The second-order valence-electron chi connectivity index (χ2n) is 6.19. The van der Waals surface area contributed by atoms with E-state index in [4.69, 9.17) is 4.74 Å². The molecular formula is C15H26N2O4. The Bertz CT molecular complexity index is 388. The normalized spacial score (nSPS) is 27.3. The zero-order valence-electron chi connectivity index (χ0n) is 12.8. The first kappa shape index (κ1) is 16.2. The molecule has 0 unspecified atom stereocenters. The lowest BCUT2D eigenvalue weighted by Gasteiger charge is -2.40. The van der Waals surface area contributed by atoms with E-state index in [1.165, 1.54) is 0 Å². The lowest BCUT2D eigenvalue weighted by Crippen LogP contribution is -2.50. The SMILES string of the molecule is COCC[C@]1(C(=O)O)CCCN(CCN2CCCC2=O)C1. The van der Waals surface area contributed by atoms with Crippen molar-refractivity contribution in [3.05, 3.63) is 0 Å². The molecular weight excluding hydrogens is 272 g/mol. The number of hydrogen-bond acceptors (Lipinski definition) is 4. The van der Waals surface area contributed by atoms with Crippen LogP contribution in [0.25, 0.3) is 0 Å². The van der Waals surface area contributed by atoms with E-state index in [0.29, 0.717) is 32.4 Å². The van der Waals surface area contributed by atoms with Gasteiger partial charge in [-0.15, -0.1) is 0 Å². The summed E-state index contributed by atoms with van der Waals surface area (Å²) < 4.78 is 5.08. The Kier molecular flexibility index (Phi) is 5.58. The molecule has 21 heavy (non-hydrogen) atoms. The third kappa shape index (κ3) is 3.95. The maximum Gasteiger partial charge on any atom is 0.311 e. The van der Waals surface area contributed by atoms with E-state index in [2.05, 4.69) is 4.90 Å². The zero-order chi connectivity index (χ0) is 15.3. The lowest BCUT2D eigenvalue weighted by molar-refractivity contribution is -0.154. The topological polar surface area (TPSA) is 70.1 Å². The maximum absolute atomic E-state index is 11.7. The Morgan fingerprint density at radius 2 is 2.14 bits per heavy atom. The highest BCUT2D eigenvalue weighted by Gasteiger charge is 2.42. The quantitative estimate of drug-likeness (QED) is 0.753. The number of carbonyl (C=O) groups excluding carboxylic acids is 1. The van der Waals surface area contributed by atoms with Crippen LogP contribution in [0.4, 0.5) is 0 Å². The van der Waals surface area contributed by atoms with Crippen LogP contribution in [-0.2, 0) is 14.3 Å². The minimum Gasteiger partial charge on any atom is -0.481 e. The Labute approximate surface area is 126 Å². The summed E-state index contributed by atoms with van der Waals surface area (Å²) in [5, 5.41) is 9.61. The molecule has 0 aromatic carbocycles. The number of carbonyl (C=O) groups is 2. The zero-order valence-corrected chi connectivity index (χ0v) is 12.8. The molecule has 0 aliphatic carbocycles. The van der Waals surface area contributed by atoms with Crippen LogP contribution >= 0.6 is 0 Å². The van der Waals surface area contributed by atoms with Gasteiger partial charge in [-0.3, -0.25) is 9.59 Å². The summed E-state index contributed by atoms with van der Waals surface area (Å²) in [6.07, 6.45) is 3.77. The molecule has 0 saturated carbocycles. The van der Waals surface area contributed by atoms with E-state index in [9.17, 15) is 14.7 Å². The molecule has 2 aliphatic rings. The summed E-state index contributed by atoms with van der Waals surface area (Å²) in [6.45, 7) is 4.30. The van der Waals surface area contributed by atoms with Crippen molar-refractivity contribution in [2.75, 3.05) is 46.4 Å². The van der Waals surface area contributed by atoms with Crippen molar-refractivity contribution in [1.82, 2.24) is 9.80 Å². The molecule has 2 rings (SSSR count). The molecule has 0 aromatic rings. The van der Waals surface area contributed by atoms with E-state index in [0.717, 1.165) is 39.0 Å². The number of aliphatic carboxylic acids is 1. The van der Waals surface area contributed by atoms with Crippen LogP contribution in [0.15, 0.2) is 0 Å². The van der Waals surface area contributed by atoms with Gasteiger partial charge in [0.15, 0.2) is 0 Å². The summed E-state index contributed by atoms with van der Waals surface area (Å²) in [7, 11) is 1.61. The summed E-state index contributed by atoms with van der Waals surface area (Å²) in [4.78, 5) is 27.4. The number of carboxylic acid groups (broad SMARTS) is 1. The molecule has 2 saturated heterocycles. The van der Waals surface area contributed by atoms with Crippen molar-refractivity contribution in [3.63, 3.8) is 0 Å². The van der Waals surface area contributed by atoms with Crippen molar-refractivity contribution >= 4 is 11.9 Å². The number of ether oxygens (including phenoxy) is 1. The molecule has 0 bridgehead atoms. The minimum absolute atomic E-state index is 0.232.